The van der Waals surface area contributed by atoms with Crippen molar-refractivity contribution in [1.29, 1.82) is 5.26 Å². The minimum atomic E-state index is 0.694. The van der Waals surface area contributed by atoms with Gasteiger partial charge in [-0.3, -0.25) is 0 Å². The van der Waals surface area contributed by atoms with Crippen LogP contribution in [0, 0.1) is 18.3 Å². The van der Waals surface area contributed by atoms with Gasteiger partial charge in [-0.05, 0) is 47.1 Å². The van der Waals surface area contributed by atoms with Gasteiger partial charge in [-0.25, -0.2) is 0 Å². The summed E-state index contributed by atoms with van der Waals surface area (Å²) in [5, 5.41) is 9.14. The Labute approximate surface area is 114 Å². The van der Waals surface area contributed by atoms with E-state index in [1.807, 2.05) is 24.3 Å². The van der Waals surface area contributed by atoms with E-state index in [1.165, 1.54) is 5.56 Å². The Hall–Kier alpha value is -1.24. The lowest BCUT2D eigenvalue weighted by atomic mass is 10.2. The quantitative estimate of drug-likeness (QED) is 0.797. The number of hydrogen-bond acceptors (Lipinski definition) is 2. The summed E-state index contributed by atoms with van der Waals surface area (Å²) in [5.41, 5.74) is 1.92. The number of halogens is 1. The lowest BCUT2D eigenvalue weighted by molar-refractivity contribution is 1.31. The fourth-order valence-corrected chi connectivity index (χ4v) is 3.14. The van der Waals surface area contributed by atoms with Crippen LogP contribution in [0.2, 0.25) is 0 Å². The van der Waals surface area contributed by atoms with Gasteiger partial charge in [-0.2, -0.15) is 5.26 Å². The zero-order chi connectivity index (χ0) is 12.3. The van der Waals surface area contributed by atoms with Crippen molar-refractivity contribution in [3.05, 3.63) is 58.1 Å². The number of hydrogen-bond donors (Lipinski definition) is 0. The van der Waals surface area contributed by atoms with Crippen LogP contribution in [0.4, 0.5) is 0 Å². The molecule has 0 saturated carbocycles. The maximum atomic E-state index is 9.14. The summed E-state index contributed by atoms with van der Waals surface area (Å²) in [6.45, 7) is 2.07. The largest absolute Gasteiger partial charge is 0.192 e. The Bertz CT molecular complexity index is 587. The molecule has 0 radical (unpaired) electrons. The van der Waals surface area contributed by atoms with Crippen molar-refractivity contribution in [2.75, 3.05) is 0 Å². The third kappa shape index (κ3) is 2.91. The van der Waals surface area contributed by atoms with Gasteiger partial charge in [0.05, 0.1) is 5.56 Å². The van der Waals surface area contributed by atoms with Crippen molar-refractivity contribution in [2.24, 2.45) is 0 Å². The van der Waals surface area contributed by atoms with E-state index >= 15 is 0 Å². The average Bonchev–Trinajstić information content (AvgIpc) is 2.29. The second-order valence-electron chi connectivity index (χ2n) is 3.64. The Morgan fingerprint density at radius 3 is 2.65 bits per heavy atom. The Balaban J connectivity index is 2.37. The van der Waals surface area contributed by atoms with Crippen LogP contribution in [0.5, 0.6) is 0 Å². The van der Waals surface area contributed by atoms with Crippen molar-refractivity contribution in [3.63, 3.8) is 0 Å². The standard InChI is InChI=1S/C14H10BrNS/c1-10-4-2-5-11(8-10)17-14-7-3-6-13(15)12(14)9-16/h2-8H,1H3. The summed E-state index contributed by atoms with van der Waals surface area (Å²) in [5.74, 6) is 0. The first-order valence-corrected chi connectivity index (χ1v) is 6.75. The summed E-state index contributed by atoms with van der Waals surface area (Å²) < 4.78 is 0.845. The highest BCUT2D eigenvalue weighted by molar-refractivity contribution is 9.10. The fourth-order valence-electron chi connectivity index (χ4n) is 1.50. The van der Waals surface area contributed by atoms with Gasteiger partial charge in [0.2, 0.25) is 0 Å². The molecule has 17 heavy (non-hydrogen) atoms. The van der Waals surface area contributed by atoms with E-state index in [-0.39, 0.29) is 0 Å². The third-order valence-electron chi connectivity index (χ3n) is 2.30. The van der Waals surface area contributed by atoms with Crippen molar-refractivity contribution in [3.8, 4) is 6.07 Å². The summed E-state index contributed by atoms with van der Waals surface area (Å²) in [7, 11) is 0. The van der Waals surface area contributed by atoms with Gasteiger partial charge in [-0.1, -0.05) is 35.5 Å². The second kappa shape index (κ2) is 5.39. The van der Waals surface area contributed by atoms with Crippen molar-refractivity contribution < 1.29 is 0 Å². The Morgan fingerprint density at radius 1 is 1.18 bits per heavy atom. The van der Waals surface area contributed by atoms with Gasteiger partial charge in [-0.15, -0.1) is 0 Å². The molecular weight excluding hydrogens is 294 g/mol. The van der Waals surface area contributed by atoms with E-state index in [1.54, 1.807) is 11.8 Å². The fraction of sp³-hybridized carbons (Fsp3) is 0.0714. The first kappa shape index (κ1) is 12.2. The van der Waals surface area contributed by atoms with E-state index in [0.29, 0.717) is 5.56 Å². The zero-order valence-electron chi connectivity index (χ0n) is 9.27. The predicted octanol–water partition coefficient (Wildman–Crippen LogP) is 4.78. The minimum absolute atomic E-state index is 0.694. The molecule has 0 aromatic heterocycles. The van der Waals surface area contributed by atoms with Crippen LogP contribution in [-0.4, -0.2) is 0 Å². The zero-order valence-corrected chi connectivity index (χ0v) is 11.7. The molecule has 0 aliphatic heterocycles. The van der Waals surface area contributed by atoms with Crippen LogP contribution in [0.1, 0.15) is 11.1 Å². The molecule has 0 amide bonds. The highest BCUT2D eigenvalue weighted by Crippen LogP contribution is 2.33. The first-order chi connectivity index (χ1) is 8.20. The molecule has 0 fully saturated rings. The number of aryl methyl sites for hydroxylation is 1. The predicted molar refractivity (Wildman–Crippen MR) is 74.2 cm³/mol. The van der Waals surface area contributed by atoms with Gasteiger partial charge in [0, 0.05) is 14.3 Å². The Kier molecular flexibility index (Phi) is 3.88. The van der Waals surface area contributed by atoms with E-state index in [9.17, 15) is 0 Å². The van der Waals surface area contributed by atoms with Crippen LogP contribution >= 0.6 is 27.7 Å². The summed E-state index contributed by atoms with van der Waals surface area (Å²) >= 11 is 5.01. The maximum absolute atomic E-state index is 9.14. The van der Waals surface area contributed by atoms with Gasteiger partial charge in [0.15, 0.2) is 0 Å². The molecule has 84 valence electrons. The lowest BCUT2D eigenvalue weighted by Crippen LogP contribution is -1.83. The highest BCUT2D eigenvalue weighted by atomic mass is 79.9. The molecule has 0 aliphatic rings. The summed E-state index contributed by atoms with van der Waals surface area (Å²) in [4.78, 5) is 2.13. The number of nitrogens with zero attached hydrogens (tertiary/aromatic N) is 1. The van der Waals surface area contributed by atoms with Gasteiger partial charge in [0.1, 0.15) is 6.07 Å². The average molecular weight is 304 g/mol. The topological polar surface area (TPSA) is 23.8 Å². The van der Waals surface area contributed by atoms with E-state index in [2.05, 4.69) is 47.1 Å². The smallest absolute Gasteiger partial charge is 0.102 e. The van der Waals surface area contributed by atoms with Crippen LogP contribution < -0.4 is 0 Å². The molecule has 2 rings (SSSR count). The van der Waals surface area contributed by atoms with Gasteiger partial charge in [0.25, 0.3) is 0 Å². The molecule has 0 spiro atoms. The molecule has 2 aromatic carbocycles. The molecule has 0 bridgehead atoms. The number of nitriles is 1. The summed E-state index contributed by atoms with van der Waals surface area (Å²) in [6.07, 6.45) is 0. The van der Waals surface area contributed by atoms with Crippen molar-refractivity contribution in [1.82, 2.24) is 0 Å². The molecule has 0 unspecified atom stereocenters. The van der Waals surface area contributed by atoms with Gasteiger partial charge < -0.3 is 0 Å². The van der Waals surface area contributed by atoms with Crippen LogP contribution in [0.3, 0.4) is 0 Å². The second-order valence-corrected chi connectivity index (χ2v) is 5.61. The molecule has 0 atom stereocenters. The first-order valence-electron chi connectivity index (χ1n) is 5.14. The van der Waals surface area contributed by atoms with Crippen molar-refractivity contribution >= 4 is 27.7 Å². The summed E-state index contributed by atoms with van der Waals surface area (Å²) in [6, 6.07) is 16.3. The van der Waals surface area contributed by atoms with Crippen LogP contribution in [0.25, 0.3) is 0 Å². The third-order valence-corrected chi connectivity index (χ3v) is 4.02. The van der Waals surface area contributed by atoms with E-state index in [0.717, 1.165) is 14.3 Å². The normalized spacial score (nSPS) is 9.94. The van der Waals surface area contributed by atoms with Crippen molar-refractivity contribution in [2.45, 2.75) is 16.7 Å². The van der Waals surface area contributed by atoms with Crippen LogP contribution in [-0.2, 0) is 0 Å². The molecule has 0 heterocycles. The lowest BCUT2D eigenvalue weighted by Gasteiger charge is -2.05. The molecule has 0 aliphatic carbocycles. The minimum Gasteiger partial charge on any atom is -0.192 e. The maximum Gasteiger partial charge on any atom is 0.102 e. The molecule has 0 saturated heterocycles. The highest BCUT2D eigenvalue weighted by Gasteiger charge is 2.07. The van der Waals surface area contributed by atoms with E-state index in [4.69, 9.17) is 5.26 Å². The van der Waals surface area contributed by atoms with Crippen LogP contribution in [0.15, 0.2) is 56.7 Å². The number of rotatable bonds is 2. The number of benzene rings is 2. The molecule has 3 heteroatoms. The molecular formula is C14H10BrNS. The molecule has 2 aromatic rings. The SMILES string of the molecule is Cc1cccc(Sc2cccc(Br)c2C#N)c1. The van der Waals surface area contributed by atoms with Gasteiger partial charge >= 0.3 is 0 Å². The van der Waals surface area contributed by atoms with E-state index < -0.39 is 0 Å². The Morgan fingerprint density at radius 2 is 1.94 bits per heavy atom. The monoisotopic (exact) mass is 303 g/mol. The molecule has 0 N–H and O–H groups in total. The molecule has 1 nitrogen and oxygen atoms in total.